The van der Waals surface area contributed by atoms with Crippen LogP contribution in [0.2, 0.25) is 0 Å². The first kappa shape index (κ1) is 15.9. The molecule has 0 radical (unpaired) electrons. The van der Waals surface area contributed by atoms with Crippen molar-refractivity contribution < 1.29 is 9.53 Å². The summed E-state index contributed by atoms with van der Waals surface area (Å²) in [5.74, 6) is 1.11. The Bertz CT molecular complexity index is 793. The molecule has 2 fully saturated rings. The molecule has 6 heteroatoms. The Morgan fingerprint density at radius 3 is 2.67 bits per heavy atom. The van der Waals surface area contributed by atoms with Crippen LogP contribution in [-0.2, 0) is 4.79 Å². The number of nitrogens with zero attached hydrogens (tertiary/aromatic N) is 3. The number of fused-ring (bicyclic) bond motifs is 1. The highest BCUT2D eigenvalue weighted by molar-refractivity contribution is 9.10. The summed E-state index contributed by atoms with van der Waals surface area (Å²) in [6.45, 7) is 0. The molecule has 128 valence electrons. The number of hydrogen-bond donors (Lipinski definition) is 0. The van der Waals surface area contributed by atoms with E-state index < -0.39 is 0 Å². The van der Waals surface area contributed by atoms with Crippen molar-refractivity contribution in [1.29, 1.82) is 0 Å². The van der Waals surface area contributed by atoms with Crippen LogP contribution in [0.4, 0.5) is 0 Å². The number of ether oxygens (including phenoxy) is 1. The summed E-state index contributed by atoms with van der Waals surface area (Å²) >= 11 is 3.54. The second kappa shape index (κ2) is 5.76. The minimum Gasteiger partial charge on any atom is -0.495 e. The lowest BCUT2D eigenvalue weighted by Crippen LogP contribution is -2.46. The second-order valence-electron chi connectivity index (χ2n) is 7.06. The van der Waals surface area contributed by atoms with Gasteiger partial charge in [-0.3, -0.25) is 9.48 Å². The number of aromatic nitrogens is 2. The molecule has 0 atom stereocenters. The molecule has 4 rings (SSSR count). The average molecular weight is 392 g/mol. The van der Waals surface area contributed by atoms with Gasteiger partial charge in [-0.25, -0.2) is 0 Å². The van der Waals surface area contributed by atoms with Gasteiger partial charge < -0.3 is 9.64 Å². The first-order valence-electron chi connectivity index (χ1n) is 8.51. The van der Waals surface area contributed by atoms with Gasteiger partial charge in [0.05, 0.1) is 23.1 Å². The topological polar surface area (TPSA) is 47.4 Å². The van der Waals surface area contributed by atoms with Gasteiger partial charge in [0, 0.05) is 36.7 Å². The van der Waals surface area contributed by atoms with E-state index in [9.17, 15) is 4.79 Å². The zero-order valence-corrected chi connectivity index (χ0v) is 15.7. The van der Waals surface area contributed by atoms with Crippen LogP contribution < -0.4 is 4.74 Å². The summed E-state index contributed by atoms with van der Waals surface area (Å²) in [5.41, 5.74) is 1.07. The van der Waals surface area contributed by atoms with Crippen molar-refractivity contribution in [2.75, 3.05) is 14.2 Å². The summed E-state index contributed by atoms with van der Waals surface area (Å²) in [4.78, 5) is 13.9. The van der Waals surface area contributed by atoms with Crippen LogP contribution in [0, 0.1) is 0 Å². The fraction of sp³-hybridized carbons (Fsp3) is 0.556. The van der Waals surface area contributed by atoms with E-state index in [1.165, 1.54) is 0 Å². The molecule has 5 nitrogen and oxygen atoms in total. The molecule has 1 aliphatic carbocycles. The number of methoxy groups -OCH3 is 1. The first-order valence-corrected chi connectivity index (χ1v) is 9.31. The fourth-order valence-corrected chi connectivity index (χ4v) is 4.84. The van der Waals surface area contributed by atoms with Crippen LogP contribution in [0.1, 0.15) is 44.6 Å². The van der Waals surface area contributed by atoms with E-state index in [1.54, 1.807) is 7.11 Å². The van der Waals surface area contributed by atoms with Crippen molar-refractivity contribution in [3.8, 4) is 5.75 Å². The number of benzene rings is 1. The lowest BCUT2D eigenvalue weighted by Gasteiger charge is -2.42. The van der Waals surface area contributed by atoms with Crippen LogP contribution >= 0.6 is 15.9 Å². The van der Waals surface area contributed by atoms with Crippen molar-refractivity contribution in [2.24, 2.45) is 0 Å². The van der Waals surface area contributed by atoms with Gasteiger partial charge in [0.15, 0.2) is 0 Å². The third kappa shape index (κ3) is 2.42. The van der Waals surface area contributed by atoms with Crippen LogP contribution in [0.3, 0.4) is 0 Å². The van der Waals surface area contributed by atoms with Gasteiger partial charge in [0.25, 0.3) is 0 Å². The average Bonchev–Trinajstić information content (AvgIpc) is 3.11. The number of halogens is 1. The minimum atomic E-state index is 0.104. The van der Waals surface area contributed by atoms with E-state index in [-0.39, 0.29) is 5.54 Å². The molecule has 2 heterocycles. The predicted octanol–water partition coefficient (Wildman–Crippen LogP) is 3.91. The Hall–Kier alpha value is -1.56. The van der Waals surface area contributed by atoms with Crippen LogP contribution in [0.5, 0.6) is 5.75 Å². The molecule has 0 bridgehead atoms. The molecular formula is C18H22BrN3O2. The van der Waals surface area contributed by atoms with E-state index in [0.717, 1.165) is 53.2 Å². The normalized spacial score (nSPS) is 27.4. The Labute approximate surface area is 150 Å². The standard InChI is InChI=1S/C18H22BrN3O2/c1-21-17(23)5-8-18(21)6-3-13(4-7-18)22-11-12-9-14(19)16(24-2)10-15(12)20-22/h9-11,13H,3-8H2,1-2H3. The molecule has 1 aliphatic heterocycles. The molecule has 1 aromatic carbocycles. The van der Waals surface area contributed by atoms with Gasteiger partial charge in [-0.2, -0.15) is 5.10 Å². The number of amides is 1. The van der Waals surface area contributed by atoms with Crippen molar-refractivity contribution in [3.05, 3.63) is 22.8 Å². The Morgan fingerprint density at radius 2 is 2.04 bits per heavy atom. The highest BCUT2D eigenvalue weighted by atomic mass is 79.9. The highest BCUT2D eigenvalue weighted by Crippen LogP contribution is 2.44. The highest BCUT2D eigenvalue weighted by Gasteiger charge is 2.45. The molecule has 1 amide bonds. The summed E-state index contributed by atoms with van der Waals surface area (Å²) in [7, 11) is 3.64. The first-order chi connectivity index (χ1) is 11.5. The van der Waals surface area contributed by atoms with Gasteiger partial charge in [-0.05, 0) is 54.1 Å². The van der Waals surface area contributed by atoms with E-state index in [1.807, 2.05) is 18.0 Å². The second-order valence-corrected chi connectivity index (χ2v) is 7.92. The lowest BCUT2D eigenvalue weighted by molar-refractivity contribution is -0.130. The van der Waals surface area contributed by atoms with Crippen molar-refractivity contribution >= 4 is 32.7 Å². The molecule has 0 N–H and O–H groups in total. The fourth-order valence-electron chi connectivity index (χ4n) is 4.32. The minimum absolute atomic E-state index is 0.104. The maximum atomic E-state index is 11.9. The van der Waals surface area contributed by atoms with Crippen molar-refractivity contribution in [3.63, 3.8) is 0 Å². The lowest BCUT2D eigenvalue weighted by atomic mass is 9.78. The zero-order chi connectivity index (χ0) is 16.9. The Morgan fingerprint density at radius 1 is 1.29 bits per heavy atom. The molecule has 0 unspecified atom stereocenters. The van der Waals surface area contributed by atoms with Crippen LogP contribution in [0.15, 0.2) is 22.8 Å². The van der Waals surface area contributed by atoms with Crippen LogP contribution in [-0.4, -0.2) is 40.3 Å². The number of hydrogen-bond acceptors (Lipinski definition) is 3. The molecular weight excluding hydrogens is 370 g/mol. The van der Waals surface area contributed by atoms with E-state index >= 15 is 0 Å². The largest absolute Gasteiger partial charge is 0.495 e. The van der Waals surface area contributed by atoms with Crippen molar-refractivity contribution in [1.82, 2.24) is 14.7 Å². The van der Waals surface area contributed by atoms with E-state index in [4.69, 9.17) is 9.84 Å². The van der Waals surface area contributed by atoms with Gasteiger partial charge in [0.1, 0.15) is 5.75 Å². The molecule has 1 saturated heterocycles. The molecule has 1 spiro atoms. The van der Waals surface area contributed by atoms with Gasteiger partial charge >= 0.3 is 0 Å². The molecule has 2 aromatic rings. The van der Waals surface area contributed by atoms with Gasteiger partial charge in [-0.15, -0.1) is 0 Å². The third-order valence-corrected chi connectivity index (χ3v) is 6.57. The summed E-state index contributed by atoms with van der Waals surface area (Å²) in [6, 6.07) is 4.45. The summed E-state index contributed by atoms with van der Waals surface area (Å²) < 4.78 is 8.42. The summed E-state index contributed by atoms with van der Waals surface area (Å²) in [6.07, 6.45) is 8.15. The van der Waals surface area contributed by atoms with E-state index in [0.29, 0.717) is 18.4 Å². The quantitative estimate of drug-likeness (QED) is 0.779. The number of likely N-dealkylation sites (tertiary alicyclic amines) is 1. The smallest absolute Gasteiger partial charge is 0.222 e. The maximum absolute atomic E-state index is 11.9. The van der Waals surface area contributed by atoms with Gasteiger partial charge in [-0.1, -0.05) is 0 Å². The van der Waals surface area contributed by atoms with E-state index in [2.05, 4.69) is 32.9 Å². The monoisotopic (exact) mass is 391 g/mol. The Balaban J connectivity index is 1.55. The zero-order valence-electron chi connectivity index (χ0n) is 14.1. The van der Waals surface area contributed by atoms with Crippen LogP contribution in [0.25, 0.3) is 10.9 Å². The number of carbonyl (C=O) groups excluding carboxylic acids is 1. The maximum Gasteiger partial charge on any atom is 0.222 e. The van der Waals surface area contributed by atoms with Crippen molar-refractivity contribution in [2.45, 2.75) is 50.1 Å². The molecule has 1 saturated carbocycles. The molecule has 1 aromatic heterocycles. The summed E-state index contributed by atoms with van der Waals surface area (Å²) in [5, 5.41) is 5.89. The Kier molecular flexibility index (Phi) is 3.82. The SMILES string of the molecule is COc1cc2nn(C3CCC4(CCC(=O)N4C)CC3)cc2cc1Br. The van der Waals surface area contributed by atoms with Gasteiger partial charge in [0.2, 0.25) is 5.91 Å². The number of carbonyl (C=O) groups is 1. The predicted molar refractivity (Wildman–Crippen MR) is 96.2 cm³/mol. The number of rotatable bonds is 2. The molecule has 24 heavy (non-hydrogen) atoms. The third-order valence-electron chi connectivity index (χ3n) is 5.95. The molecule has 2 aliphatic rings.